The van der Waals surface area contributed by atoms with Crippen LogP contribution in [-0.4, -0.2) is 35.2 Å². The van der Waals surface area contributed by atoms with Gasteiger partial charge in [-0.1, -0.05) is 35.4 Å². The SMILES string of the molecule is Cc1cc(C)c(OC(=O)C(=O)c2c(C)cc(C)cc2C)c(C)c1.OCCO. The fourth-order valence-corrected chi connectivity index (χ4v) is 3.11. The number of aryl methyl sites for hydroxylation is 6. The molecule has 0 saturated heterocycles. The summed E-state index contributed by atoms with van der Waals surface area (Å²) in [5, 5.41) is 15.2. The van der Waals surface area contributed by atoms with Crippen molar-refractivity contribution < 1.29 is 24.5 Å². The second-order valence-corrected chi connectivity index (χ2v) is 6.67. The first-order valence-corrected chi connectivity index (χ1v) is 8.76. The van der Waals surface area contributed by atoms with Crippen molar-refractivity contribution in [3.05, 3.63) is 63.2 Å². The van der Waals surface area contributed by atoms with Crippen LogP contribution in [-0.2, 0) is 4.79 Å². The molecule has 2 aromatic rings. The van der Waals surface area contributed by atoms with E-state index in [9.17, 15) is 9.59 Å². The van der Waals surface area contributed by atoms with Crippen LogP contribution in [0.25, 0.3) is 0 Å². The van der Waals surface area contributed by atoms with Crippen molar-refractivity contribution in [2.45, 2.75) is 41.5 Å². The summed E-state index contributed by atoms with van der Waals surface area (Å²) in [6, 6.07) is 7.66. The predicted molar refractivity (Wildman–Crippen MR) is 105 cm³/mol. The number of Topliss-reactive ketones (excluding diaryl/α,β-unsaturated/α-hetero) is 1. The minimum absolute atomic E-state index is 0.125. The monoisotopic (exact) mass is 372 g/mol. The number of aliphatic hydroxyl groups is 2. The van der Waals surface area contributed by atoms with E-state index in [2.05, 4.69) is 0 Å². The Balaban J connectivity index is 0.000000828. The van der Waals surface area contributed by atoms with Gasteiger partial charge in [0.15, 0.2) is 0 Å². The van der Waals surface area contributed by atoms with Gasteiger partial charge in [-0.05, 0) is 63.8 Å². The molecule has 146 valence electrons. The van der Waals surface area contributed by atoms with Gasteiger partial charge in [0.25, 0.3) is 5.78 Å². The van der Waals surface area contributed by atoms with Crippen LogP contribution in [0.15, 0.2) is 24.3 Å². The average Bonchev–Trinajstić information content (AvgIpc) is 2.57. The molecule has 0 fully saturated rings. The van der Waals surface area contributed by atoms with E-state index in [1.807, 2.05) is 65.8 Å². The third-order valence-corrected chi connectivity index (χ3v) is 3.99. The lowest BCUT2D eigenvalue weighted by atomic mass is 9.96. The molecular weight excluding hydrogens is 344 g/mol. The zero-order valence-electron chi connectivity index (χ0n) is 16.8. The standard InChI is InChI=1S/C20H22O3.C2H6O2/c1-11-7-13(3)17(14(4)8-11)18(21)20(22)23-19-15(5)9-12(2)10-16(19)6;3-1-2-4/h7-10H,1-6H3;3-4H,1-2H2. The Morgan fingerprint density at radius 2 is 1.11 bits per heavy atom. The van der Waals surface area contributed by atoms with Crippen LogP contribution in [0.3, 0.4) is 0 Å². The molecule has 0 saturated carbocycles. The molecule has 0 spiro atoms. The van der Waals surface area contributed by atoms with Gasteiger partial charge in [-0.2, -0.15) is 0 Å². The summed E-state index contributed by atoms with van der Waals surface area (Å²) in [7, 11) is 0. The topological polar surface area (TPSA) is 83.8 Å². The fourth-order valence-electron chi connectivity index (χ4n) is 3.11. The number of carbonyl (C=O) groups is 2. The third-order valence-electron chi connectivity index (χ3n) is 3.99. The maximum atomic E-state index is 12.5. The highest BCUT2D eigenvalue weighted by molar-refractivity contribution is 6.41. The predicted octanol–water partition coefficient (Wildman–Crippen LogP) is 3.30. The molecule has 5 nitrogen and oxygen atoms in total. The Labute approximate surface area is 160 Å². The van der Waals surface area contributed by atoms with E-state index in [1.54, 1.807) is 0 Å². The summed E-state index contributed by atoms with van der Waals surface area (Å²) in [5.74, 6) is -0.967. The molecule has 0 bridgehead atoms. The molecule has 0 radical (unpaired) electrons. The Morgan fingerprint density at radius 3 is 1.48 bits per heavy atom. The average molecular weight is 372 g/mol. The number of ketones is 1. The first-order valence-electron chi connectivity index (χ1n) is 8.76. The molecule has 0 atom stereocenters. The van der Waals surface area contributed by atoms with Gasteiger partial charge in [-0.15, -0.1) is 0 Å². The number of hydrogen-bond acceptors (Lipinski definition) is 5. The Hall–Kier alpha value is -2.50. The van der Waals surface area contributed by atoms with Gasteiger partial charge in [-0.25, -0.2) is 4.79 Å². The van der Waals surface area contributed by atoms with Gasteiger partial charge in [0.05, 0.1) is 13.2 Å². The summed E-state index contributed by atoms with van der Waals surface area (Å²) in [6.07, 6.45) is 0. The van der Waals surface area contributed by atoms with Crippen LogP contribution < -0.4 is 4.74 Å². The van der Waals surface area contributed by atoms with Crippen LogP contribution in [0, 0.1) is 41.5 Å². The Kier molecular flexibility index (Phi) is 8.34. The normalized spacial score (nSPS) is 10.1. The van der Waals surface area contributed by atoms with Crippen LogP contribution in [0.4, 0.5) is 0 Å². The molecule has 0 amide bonds. The van der Waals surface area contributed by atoms with E-state index in [0.717, 1.165) is 33.4 Å². The minimum Gasteiger partial charge on any atom is -0.420 e. The van der Waals surface area contributed by atoms with Crippen molar-refractivity contribution >= 4 is 11.8 Å². The summed E-state index contributed by atoms with van der Waals surface area (Å²) >= 11 is 0. The molecule has 0 unspecified atom stereocenters. The fraction of sp³-hybridized carbons (Fsp3) is 0.364. The quantitative estimate of drug-likeness (QED) is 0.372. The second kappa shape index (κ2) is 10.00. The van der Waals surface area contributed by atoms with E-state index in [0.29, 0.717) is 11.3 Å². The maximum Gasteiger partial charge on any atom is 0.385 e. The molecule has 2 aromatic carbocycles. The molecule has 5 heteroatoms. The molecule has 0 aliphatic rings. The summed E-state index contributed by atoms with van der Waals surface area (Å²) in [5.41, 5.74) is 5.88. The van der Waals surface area contributed by atoms with Crippen molar-refractivity contribution in [3.8, 4) is 5.75 Å². The molecule has 0 aliphatic carbocycles. The van der Waals surface area contributed by atoms with Gasteiger partial charge < -0.3 is 14.9 Å². The zero-order chi connectivity index (χ0) is 20.7. The highest BCUT2D eigenvalue weighted by atomic mass is 16.5. The summed E-state index contributed by atoms with van der Waals surface area (Å²) < 4.78 is 5.40. The van der Waals surface area contributed by atoms with E-state index in [4.69, 9.17) is 14.9 Å². The number of ether oxygens (including phenoxy) is 1. The molecule has 27 heavy (non-hydrogen) atoms. The summed E-state index contributed by atoms with van der Waals surface area (Å²) in [6.45, 7) is 11.1. The van der Waals surface area contributed by atoms with Gasteiger partial charge in [0.1, 0.15) is 5.75 Å². The highest BCUT2D eigenvalue weighted by Crippen LogP contribution is 2.25. The molecular formula is C22H28O5. The second-order valence-electron chi connectivity index (χ2n) is 6.67. The van der Waals surface area contributed by atoms with E-state index >= 15 is 0 Å². The van der Waals surface area contributed by atoms with Gasteiger partial charge in [0, 0.05) is 5.56 Å². The van der Waals surface area contributed by atoms with Crippen LogP contribution in [0.2, 0.25) is 0 Å². The molecule has 2 N–H and O–H groups in total. The van der Waals surface area contributed by atoms with E-state index < -0.39 is 11.8 Å². The lowest BCUT2D eigenvalue weighted by Gasteiger charge is -2.13. The van der Waals surface area contributed by atoms with Crippen molar-refractivity contribution in [1.82, 2.24) is 0 Å². The van der Waals surface area contributed by atoms with E-state index in [1.165, 1.54) is 0 Å². The summed E-state index contributed by atoms with van der Waals surface area (Å²) in [4.78, 5) is 24.8. The van der Waals surface area contributed by atoms with Crippen LogP contribution in [0.5, 0.6) is 5.75 Å². The molecule has 2 rings (SSSR count). The van der Waals surface area contributed by atoms with Crippen LogP contribution >= 0.6 is 0 Å². The van der Waals surface area contributed by atoms with Crippen LogP contribution in [0.1, 0.15) is 43.7 Å². The zero-order valence-corrected chi connectivity index (χ0v) is 16.8. The van der Waals surface area contributed by atoms with Gasteiger partial charge in [0.2, 0.25) is 0 Å². The van der Waals surface area contributed by atoms with Gasteiger partial charge >= 0.3 is 5.97 Å². The number of rotatable bonds is 4. The Morgan fingerprint density at radius 1 is 0.741 bits per heavy atom. The first kappa shape index (κ1) is 22.5. The third kappa shape index (κ3) is 6.01. The maximum absolute atomic E-state index is 12.5. The molecule has 0 heterocycles. The van der Waals surface area contributed by atoms with Gasteiger partial charge in [-0.3, -0.25) is 4.79 Å². The minimum atomic E-state index is -0.838. The van der Waals surface area contributed by atoms with Crippen molar-refractivity contribution in [1.29, 1.82) is 0 Å². The number of aliphatic hydroxyl groups excluding tert-OH is 2. The smallest absolute Gasteiger partial charge is 0.385 e. The van der Waals surface area contributed by atoms with Crippen molar-refractivity contribution in [2.24, 2.45) is 0 Å². The largest absolute Gasteiger partial charge is 0.420 e. The lowest BCUT2D eigenvalue weighted by molar-refractivity contribution is -0.129. The Bertz CT molecular complexity index is 789. The highest BCUT2D eigenvalue weighted by Gasteiger charge is 2.24. The van der Waals surface area contributed by atoms with Crippen molar-refractivity contribution in [3.63, 3.8) is 0 Å². The van der Waals surface area contributed by atoms with Crippen molar-refractivity contribution in [2.75, 3.05) is 13.2 Å². The molecule has 0 aromatic heterocycles. The number of hydrogen-bond donors (Lipinski definition) is 2. The number of carbonyl (C=O) groups excluding carboxylic acids is 2. The number of benzene rings is 2. The first-order chi connectivity index (χ1) is 12.6. The molecule has 0 aliphatic heterocycles. The lowest BCUT2D eigenvalue weighted by Crippen LogP contribution is -2.23. The van der Waals surface area contributed by atoms with E-state index in [-0.39, 0.29) is 13.2 Å². The number of esters is 1.